The van der Waals surface area contributed by atoms with Crippen molar-refractivity contribution < 1.29 is 4.74 Å². The molecule has 112 valence electrons. The van der Waals surface area contributed by atoms with Gasteiger partial charge < -0.3 is 10.1 Å². The Kier molecular flexibility index (Phi) is 5.19. The topological polar surface area (TPSA) is 24.5 Å². The van der Waals surface area contributed by atoms with Gasteiger partial charge in [-0.05, 0) is 33.3 Å². The van der Waals surface area contributed by atoms with E-state index in [0.717, 1.165) is 26.2 Å². The lowest BCUT2D eigenvalue weighted by Crippen LogP contribution is -2.60. The Bertz CT molecular complexity index is 407. The number of hydrogen-bond donors (Lipinski definition) is 1. The lowest BCUT2D eigenvalue weighted by Gasteiger charge is -2.45. The molecule has 1 aliphatic heterocycles. The Morgan fingerprint density at radius 1 is 1.35 bits per heavy atom. The first kappa shape index (κ1) is 15.5. The van der Waals surface area contributed by atoms with Crippen molar-refractivity contribution in [3.63, 3.8) is 0 Å². The summed E-state index contributed by atoms with van der Waals surface area (Å²) in [4.78, 5) is 2.53. The normalized spacial score (nSPS) is 27.9. The average Bonchev–Trinajstić information content (AvgIpc) is 2.43. The zero-order valence-corrected chi connectivity index (χ0v) is 13.2. The summed E-state index contributed by atoms with van der Waals surface area (Å²) in [6.45, 7) is 12.6. The first-order chi connectivity index (χ1) is 9.51. The quantitative estimate of drug-likeness (QED) is 0.895. The van der Waals surface area contributed by atoms with Gasteiger partial charge in [0, 0.05) is 25.7 Å². The third kappa shape index (κ3) is 3.81. The van der Waals surface area contributed by atoms with E-state index in [1.54, 1.807) is 0 Å². The summed E-state index contributed by atoms with van der Waals surface area (Å²) in [6, 6.07) is 11.3. The van der Waals surface area contributed by atoms with Crippen molar-refractivity contribution in [2.45, 2.75) is 45.4 Å². The van der Waals surface area contributed by atoms with Crippen LogP contribution in [0.3, 0.4) is 0 Å². The molecular weight excluding hydrogens is 248 g/mol. The zero-order chi connectivity index (χ0) is 14.6. The smallest absolute Gasteiger partial charge is 0.0597 e. The molecule has 2 atom stereocenters. The number of hydrogen-bond acceptors (Lipinski definition) is 3. The van der Waals surface area contributed by atoms with Gasteiger partial charge in [-0.3, -0.25) is 4.90 Å². The Hall–Kier alpha value is -0.900. The molecule has 20 heavy (non-hydrogen) atoms. The van der Waals surface area contributed by atoms with E-state index in [4.69, 9.17) is 4.74 Å². The van der Waals surface area contributed by atoms with Crippen LogP contribution in [-0.4, -0.2) is 43.3 Å². The standard InChI is InChI=1S/C17H28N2O/c1-14(2)20-11-10-19-13-17(4,18-12-15(19)3)16-8-6-5-7-9-16/h5-9,14-15,18H,10-13H2,1-4H3. The first-order valence-electron chi connectivity index (χ1n) is 7.67. The Balaban J connectivity index is 2.00. The highest BCUT2D eigenvalue weighted by atomic mass is 16.5. The summed E-state index contributed by atoms with van der Waals surface area (Å²) < 4.78 is 5.70. The Morgan fingerprint density at radius 2 is 2.05 bits per heavy atom. The van der Waals surface area contributed by atoms with Crippen molar-refractivity contribution in [1.29, 1.82) is 0 Å². The Labute approximate surface area is 123 Å². The number of rotatable bonds is 5. The van der Waals surface area contributed by atoms with E-state index in [9.17, 15) is 0 Å². The number of nitrogens with one attached hydrogen (secondary N) is 1. The van der Waals surface area contributed by atoms with Crippen molar-refractivity contribution in [2.75, 3.05) is 26.2 Å². The predicted octanol–water partition coefficient (Wildman–Crippen LogP) is 2.62. The van der Waals surface area contributed by atoms with Crippen molar-refractivity contribution in [3.05, 3.63) is 35.9 Å². The van der Waals surface area contributed by atoms with Crippen LogP contribution in [0.1, 0.15) is 33.3 Å². The summed E-state index contributed by atoms with van der Waals surface area (Å²) >= 11 is 0. The van der Waals surface area contributed by atoms with Crippen LogP contribution in [0.25, 0.3) is 0 Å². The SMILES string of the molecule is CC(C)OCCN1CC(C)(c2ccccc2)NCC1C. The number of piperazine rings is 1. The van der Waals surface area contributed by atoms with E-state index in [-0.39, 0.29) is 5.54 Å². The molecule has 1 N–H and O–H groups in total. The highest BCUT2D eigenvalue weighted by Gasteiger charge is 2.34. The molecule has 2 unspecified atom stereocenters. The van der Waals surface area contributed by atoms with Gasteiger partial charge >= 0.3 is 0 Å². The Morgan fingerprint density at radius 3 is 2.70 bits per heavy atom. The lowest BCUT2D eigenvalue weighted by molar-refractivity contribution is 0.0270. The van der Waals surface area contributed by atoms with E-state index in [2.05, 4.69) is 68.2 Å². The molecule has 3 heteroatoms. The molecule has 1 aliphatic rings. The van der Waals surface area contributed by atoms with E-state index in [1.165, 1.54) is 5.56 Å². The van der Waals surface area contributed by atoms with E-state index < -0.39 is 0 Å². The van der Waals surface area contributed by atoms with E-state index >= 15 is 0 Å². The molecule has 0 aromatic heterocycles. The third-order valence-electron chi connectivity index (χ3n) is 4.17. The molecule has 1 fully saturated rings. The van der Waals surface area contributed by atoms with Crippen molar-refractivity contribution in [2.24, 2.45) is 0 Å². The second-order valence-corrected chi connectivity index (χ2v) is 6.32. The van der Waals surface area contributed by atoms with Crippen LogP contribution in [0.4, 0.5) is 0 Å². The molecule has 0 saturated carbocycles. The maximum atomic E-state index is 5.70. The highest BCUT2D eigenvalue weighted by molar-refractivity contribution is 5.25. The van der Waals surface area contributed by atoms with E-state index in [0.29, 0.717) is 12.1 Å². The zero-order valence-electron chi connectivity index (χ0n) is 13.2. The van der Waals surface area contributed by atoms with Crippen LogP contribution >= 0.6 is 0 Å². The van der Waals surface area contributed by atoms with Gasteiger partial charge in [-0.25, -0.2) is 0 Å². The van der Waals surface area contributed by atoms with Crippen LogP contribution in [-0.2, 0) is 10.3 Å². The number of nitrogens with zero attached hydrogens (tertiary/aromatic N) is 1. The fourth-order valence-corrected chi connectivity index (χ4v) is 2.82. The van der Waals surface area contributed by atoms with Gasteiger partial charge in [-0.2, -0.15) is 0 Å². The average molecular weight is 276 g/mol. The minimum atomic E-state index is 0.0333. The van der Waals surface area contributed by atoms with Crippen molar-refractivity contribution in [3.8, 4) is 0 Å². The maximum Gasteiger partial charge on any atom is 0.0597 e. The molecule has 0 spiro atoms. The van der Waals surface area contributed by atoms with Crippen LogP contribution in [0.5, 0.6) is 0 Å². The van der Waals surface area contributed by atoms with Crippen LogP contribution < -0.4 is 5.32 Å². The molecule has 0 amide bonds. The summed E-state index contributed by atoms with van der Waals surface area (Å²) in [5.74, 6) is 0. The van der Waals surface area contributed by atoms with Crippen LogP contribution in [0.2, 0.25) is 0 Å². The summed E-state index contributed by atoms with van der Waals surface area (Å²) in [7, 11) is 0. The van der Waals surface area contributed by atoms with E-state index in [1.807, 2.05) is 0 Å². The summed E-state index contributed by atoms with van der Waals surface area (Å²) in [6.07, 6.45) is 0.314. The van der Waals surface area contributed by atoms with Crippen molar-refractivity contribution >= 4 is 0 Å². The third-order valence-corrected chi connectivity index (χ3v) is 4.17. The minimum absolute atomic E-state index is 0.0333. The summed E-state index contributed by atoms with van der Waals surface area (Å²) in [5, 5.41) is 3.71. The molecule has 0 bridgehead atoms. The molecule has 0 aliphatic carbocycles. The van der Waals surface area contributed by atoms with Gasteiger partial charge in [0.2, 0.25) is 0 Å². The first-order valence-corrected chi connectivity index (χ1v) is 7.67. The van der Waals surface area contributed by atoms with Gasteiger partial charge in [0.1, 0.15) is 0 Å². The maximum absolute atomic E-state index is 5.70. The molecule has 0 radical (unpaired) electrons. The van der Waals surface area contributed by atoms with Gasteiger partial charge in [-0.1, -0.05) is 30.3 Å². The van der Waals surface area contributed by atoms with Crippen molar-refractivity contribution in [1.82, 2.24) is 10.2 Å². The number of benzene rings is 1. The summed E-state index contributed by atoms with van der Waals surface area (Å²) in [5.41, 5.74) is 1.40. The molecular formula is C17H28N2O. The fraction of sp³-hybridized carbons (Fsp3) is 0.647. The molecule has 1 heterocycles. The van der Waals surface area contributed by atoms with Crippen LogP contribution in [0, 0.1) is 0 Å². The molecule has 2 rings (SSSR count). The van der Waals surface area contributed by atoms with Gasteiger partial charge in [0.25, 0.3) is 0 Å². The largest absolute Gasteiger partial charge is 0.377 e. The predicted molar refractivity (Wildman–Crippen MR) is 83.9 cm³/mol. The second kappa shape index (κ2) is 6.70. The lowest BCUT2D eigenvalue weighted by atomic mass is 9.88. The molecule has 1 saturated heterocycles. The molecule has 1 aromatic carbocycles. The van der Waals surface area contributed by atoms with Gasteiger partial charge in [0.15, 0.2) is 0 Å². The minimum Gasteiger partial charge on any atom is -0.377 e. The van der Waals surface area contributed by atoms with Gasteiger partial charge in [-0.15, -0.1) is 0 Å². The van der Waals surface area contributed by atoms with Gasteiger partial charge in [0.05, 0.1) is 18.2 Å². The highest BCUT2D eigenvalue weighted by Crippen LogP contribution is 2.26. The molecule has 3 nitrogen and oxygen atoms in total. The fourth-order valence-electron chi connectivity index (χ4n) is 2.82. The molecule has 1 aromatic rings. The number of ether oxygens (including phenoxy) is 1. The second-order valence-electron chi connectivity index (χ2n) is 6.32. The van der Waals surface area contributed by atoms with Crippen LogP contribution in [0.15, 0.2) is 30.3 Å². The monoisotopic (exact) mass is 276 g/mol.